The molecule has 0 spiro atoms. The van der Waals surface area contributed by atoms with Gasteiger partial charge < -0.3 is 9.72 Å². The van der Waals surface area contributed by atoms with Gasteiger partial charge in [0.05, 0.1) is 5.52 Å². The van der Waals surface area contributed by atoms with Crippen LogP contribution < -0.4 is 10.3 Å². The van der Waals surface area contributed by atoms with Crippen molar-refractivity contribution in [3.8, 4) is 5.75 Å². The second-order valence-electron chi connectivity index (χ2n) is 4.39. The van der Waals surface area contributed by atoms with E-state index < -0.39 is 0 Å². The summed E-state index contributed by atoms with van der Waals surface area (Å²) in [4.78, 5) is 14.2. The number of pyridine rings is 1. The van der Waals surface area contributed by atoms with Gasteiger partial charge in [-0.1, -0.05) is 28.7 Å². The number of aromatic nitrogens is 1. The topological polar surface area (TPSA) is 42.1 Å². The second kappa shape index (κ2) is 4.01. The third-order valence-corrected chi connectivity index (χ3v) is 4.13. The molecule has 3 nitrogen and oxygen atoms in total. The van der Waals surface area contributed by atoms with Gasteiger partial charge in [0, 0.05) is 22.3 Å². The quantitative estimate of drug-likeness (QED) is 0.640. The highest BCUT2D eigenvalue weighted by atomic mass is 127. The van der Waals surface area contributed by atoms with Gasteiger partial charge in [0.25, 0.3) is 0 Å². The summed E-state index contributed by atoms with van der Waals surface area (Å²) in [6.45, 7) is 2.02. The van der Waals surface area contributed by atoms with Gasteiger partial charge in [-0.15, -0.1) is 0 Å². The Morgan fingerprint density at radius 1 is 1.53 bits per heavy atom. The van der Waals surface area contributed by atoms with E-state index in [0.29, 0.717) is 0 Å². The minimum Gasteiger partial charge on any atom is -0.488 e. The van der Waals surface area contributed by atoms with Crippen molar-refractivity contribution in [1.29, 1.82) is 0 Å². The number of rotatable bonds is 1. The average Bonchev–Trinajstić information content (AvgIpc) is 2.72. The molecule has 0 bridgehead atoms. The van der Waals surface area contributed by atoms with Crippen LogP contribution in [0.1, 0.15) is 11.1 Å². The predicted octanol–water partition coefficient (Wildman–Crippen LogP) is 2.58. The number of aromatic amines is 1. The lowest BCUT2D eigenvalue weighted by atomic mass is 10.0. The minimum absolute atomic E-state index is 0.0658. The maximum absolute atomic E-state index is 11.4. The molecule has 3 rings (SSSR count). The molecule has 1 aromatic carbocycles. The number of alkyl halides is 1. The van der Waals surface area contributed by atoms with Crippen LogP contribution in [0.3, 0.4) is 0 Å². The van der Waals surface area contributed by atoms with Crippen LogP contribution in [0.2, 0.25) is 0 Å². The number of ether oxygens (including phenoxy) is 1. The van der Waals surface area contributed by atoms with Gasteiger partial charge in [-0.3, -0.25) is 4.79 Å². The molecule has 1 aliphatic rings. The first-order chi connectivity index (χ1) is 8.19. The van der Waals surface area contributed by atoms with Crippen LogP contribution in [0.15, 0.2) is 23.0 Å². The first-order valence-electron chi connectivity index (χ1n) is 5.57. The fraction of sp³-hybridized carbons (Fsp3) is 0.308. The molecule has 1 unspecified atom stereocenters. The number of hydrogen-bond acceptors (Lipinski definition) is 2. The van der Waals surface area contributed by atoms with Crippen LogP contribution in [0.4, 0.5) is 0 Å². The number of nitrogens with one attached hydrogen (secondary N) is 1. The van der Waals surface area contributed by atoms with Crippen molar-refractivity contribution >= 4 is 33.5 Å². The number of aryl methyl sites for hydroxylation is 1. The largest absolute Gasteiger partial charge is 0.488 e. The van der Waals surface area contributed by atoms with Gasteiger partial charge in [0.15, 0.2) is 0 Å². The summed E-state index contributed by atoms with van der Waals surface area (Å²) in [6, 6.07) is 5.54. The predicted molar refractivity (Wildman–Crippen MR) is 76.3 cm³/mol. The van der Waals surface area contributed by atoms with Crippen LogP contribution in [0.25, 0.3) is 10.9 Å². The van der Waals surface area contributed by atoms with Gasteiger partial charge in [-0.05, 0) is 24.1 Å². The van der Waals surface area contributed by atoms with Crippen molar-refractivity contribution in [3.63, 3.8) is 0 Å². The van der Waals surface area contributed by atoms with E-state index in [9.17, 15) is 4.79 Å². The maximum atomic E-state index is 11.4. The highest BCUT2D eigenvalue weighted by molar-refractivity contribution is 14.1. The fourth-order valence-corrected chi connectivity index (χ4v) is 2.87. The summed E-state index contributed by atoms with van der Waals surface area (Å²) >= 11 is 2.34. The molecule has 0 radical (unpaired) electrons. The lowest BCUT2D eigenvalue weighted by Crippen LogP contribution is -2.13. The van der Waals surface area contributed by atoms with E-state index in [1.54, 1.807) is 6.07 Å². The van der Waals surface area contributed by atoms with E-state index in [0.717, 1.165) is 33.1 Å². The molecule has 1 aromatic heterocycles. The molecule has 0 fully saturated rings. The van der Waals surface area contributed by atoms with Crippen LogP contribution in [-0.2, 0) is 6.42 Å². The SMILES string of the molecule is Cc1cc2c(c3ccc(=O)[nH]c13)OC(CI)C2. The van der Waals surface area contributed by atoms with Crippen LogP contribution in [-0.4, -0.2) is 15.5 Å². The Kier molecular flexibility index (Phi) is 2.61. The standard InChI is InChI=1S/C13H12INO2/c1-7-4-8-5-9(6-14)17-13(8)10-2-3-11(16)15-12(7)10/h2-4,9H,5-6H2,1H3,(H,15,16). The van der Waals surface area contributed by atoms with E-state index in [4.69, 9.17) is 4.74 Å². The van der Waals surface area contributed by atoms with E-state index >= 15 is 0 Å². The number of halogens is 1. The first-order valence-corrected chi connectivity index (χ1v) is 7.09. The molecule has 1 aliphatic heterocycles. The van der Waals surface area contributed by atoms with E-state index in [1.807, 2.05) is 13.0 Å². The summed E-state index contributed by atoms with van der Waals surface area (Å²) in [6.07, 6.45) is 1.23. The summed E-state index contributed by atoms with van der Waals surface area (Å²) in [5.41, 5.74) is 3.19. The summed E-state index contributed by atoms with van der Waals surface area (Å²) in [5.74, 6) is 0.948. The highest BCUT2D eigenvalue weighted by Gasteiger charge is 2.24. The Morgan fingerprint density at radius 3 is 3.12 bits per heavy atom. The highest BCUT2D eigenvalue weighted by Crippen LogP contribution is 2.37. The van der Waals surface area contributed by atoms with Gasteiger partial charge in [-0.2, -0.15) is 0 Å². The van der Waals surface area contributed by atoms with E-state index in [1.165, 1.54) is 5.56 Å². The first kappa shape index (κ1) is 11.1. The molecule has 17 heavy (non-hydrogen) atoms. The molecule has 0 aliphatic carbocycles. The maximum Gasteiger partial charge on any atom is 0.248 e. The molecular formula is C13H12INO2. The second-order valence-corrected chi connectivity index (χ2v) is 5.27. The summed E-state index contributed by atoms with van der Waals surface area (Å²) < 4.78 is 6.92. The Hall–Kier alpha value is -1.04. The number of hydrogen-bond donors (Lipinski definition) is 1. The molecule has 4 heteroatoms. The molecule has 0 saturated carbocycles. The van der Waals surface area contributed by atoms with Crippen molar-refractivity contribution in [3.05, 3.63) is 39.7 Å². The Labute approximate surface area is 112 Å². The summed E-state index contributed by atoms with van der Waals surface area (Å²) in [7, 11) is 0. The number of H-pyrrole nitrogens is 1. The zero-order valence-electron chi connectivity index (χ0n) is 9.42. The van der Waals surface area contributed by atoms with E-state index in [-0.39, 0.29) is 11.7 Å². The number of fused-ring (bicyclic) bond motifs is 3. The van der Waals surface area contributed by atoms with Crippen molar-refractivity contribution < 1.29 is 4.74 Å². The van der Waals surface area contributed by atoms with Crippen molar-refractivity contribution in [2.45, 2.75) is 19.4 Å². The van der Waals surface area contributed by atoms with Gasteiger partial charge in [0.1, 0.15) is 11.9 Å². The molecule has 0 saturated heterocycles. The van der Waals surface area contributed by atoms with Crippen molar-refractivity contribution in [2.24, 2.45) is 0 Å². The Balaban J connectivity index is 2.30. The van der Waals surface area contributed by atoms with Crippen LogP contribution >= 0.6 is 22.6 Å². The van der Waals surface area contributed by atoms with Crippen molar-refractivity contribution in [2.75, 3.05) is 4.43 Å². The molecule has 0 amide bonds. The zero-order chi connectivity index (χ0) is 12.0. The molecular weight excluding hydrogens is 329 g/mol. The third-order valence-electron chi connectivity index (χ3n) is 3.14. The fourth-order valence-electron chi connectivity index (χ4n) is 2.38. The van der Waals surface area contributed by atoms with E-state index in [2.05, 4.69) is 33.6 Å². The lowest BCUT2D eigenvalue weighted by Gasteiger charge is -2.09. The summed E-state index contributed by atoms with van der Waals surface area (Å²) in [5, 5.41) is 1.02. The average molecular weight is 341 g/mol. The van der Waals surface area contributed by atoms with Crippen LogP contribution in [0, 0.1) is 6.92 Å². The number of benzene rings is 1. The molecule has 2 heterocycles. The van der Waals surface area contributed by atoms with Gasteiger partial charge in [-0.25, -0.2) is 0 Å². The molecule has 1 atom stereocenters. The van der Waals surface area contributed by atoms with Gasteiger partial charge in [0.2, 0.25) is 5.56 Å². The zero-order valence-corrected chi connectivity index (χ0v) is 11.6. The Morgan fingerprint density at radius 2 is 2.35 bits per heavy atom. The van der Waals surface area contributed by atoms with Gasteiger partial charge >= 0.3 is 0 Å². The molecule has 1 N–H and O–H groups in total. The lowest BCUT2D eigenvalue weighted by molar-refractivity contribution is 0.265. The van der Waals surface area contributed by atoms with Crippen LogP contribution in [0.5, 0.6) is 5.75 Å². The Bertz CT molecular complexity index is 648. The smallest absolute Gasteiger partial charge is 0.248 e. The minimum atomic E-state index is -0.0658. The van der Waals surface area contributed by atoms with Crippen molar-refractivity contribution in [1.82, 2.24) is 4.98 Å². The monoisotopic (exact) mass is 341 g/mol. The third kappa shape index (κ3) is 1.74. The normalized spacial score (nSPS) is 18.1. The molecule has 2 aromatic rings. The molecule has 88 valence electrons.